The molecule has 1 aliphatic heterocycles. The number of nitriles is 1. The Hall–Kier alpha value is -1.05. The van der Waals surface area contributed by atoms with Crippen molar-refractivity contribution in [3.8, 4) is 6.07 Å². The quantitative estimate of drug-likeness (QED) is 0.930. The summed E-state index contributed by atoms with van der Waals surface area (Å²) < 4.78 is 6.53. The molecule has 17 heavy (non-hydrogen) atoms. The number of halogens is 1. The van der Waals surface area contributed by atoms with Crippen LogP contribution in [0.4, 0.5) is 5.69 Å². The Morgan fingerprint density at radius 3 is 3.06 bits per heavy atom. The van der Waals surface area contributed by atoms with Gasteiger partial charge in [-0.25, -0.2) is 0 Å². The number of ether oxygens (including phenoxy) is 1. The third kappa shape index (κ3) is 2.80. The normalized spacial score (nSPS) is 23.4. The highest BCUT2D eigenvalue weighted by atomic mass is 79.9. The minimum absolute atomic E-state index is 0.102. The van der Waals surface area contributed by atoms with Gasteiger partial charge in [0, 0.05) is 17.6 Å². The van der Waals surface area contributed by atoms with Crippen LogP contribution in [-0.2, 0) is 4.74 Å². The number of hydrogen-bond acceptors (Lipinski definition) is 3. The molecule has 0 saturated carbocycles. The molecule has 4 heteroatoms. The van der Waals surface area contributed by atoms with Gasteiger partial charge in [0.2, 0.25) is 0 Å². The molecule has 1 aliphatic rings. The van der Waals surface area contributed by atoms with E-state index in [4.69, 9.17) is 10.00 Å². The fourth-order valence-corrected chi connectivity index (χ4v) is 2.50. The van der Waals surface area contributed by atoms with E-state index < -0.39 is 0 Å². The van der Waals surface area contributed by atoms with Crippen molar-refractivity contribution in [2.24, 2.45) is 0 Å². The standard InChI is InChI=1S/C13H15BrN2O/c1-13(6-3-7-17-13)9-16-12-5-2-4-11(14)10(12)8-15/h2,4-5,16H,3,6-7,9H2,1H3. The molecule has 1 atom stereocenters. The molecule has 1 N–H and O–H groups in total. The number of nitrogens with one attached hydrogen (secondary N) is 1. The first-order chi connectivity index (χ1) is 8.14. The van der Waals surface area contributed by atoms with E-state index in [2.05, 4.69) is 34.2 Å². The third-order valence-corrected chi connectivity index (χ3v) is 3.74. The number of rotatable bonds is 3. The average Bonchev–Trinajstić information content (AvgIpc) is 2.74. The second kappa shape index (κ2) is 5.07. The van der Waals surface area contributed by atoms with E-state index >= 15 is 0 Å². The smallest absolute Gasteiger partial charge is 0.103 e. The Kier molecular flexibility index (Phi) is 3.70. The van der Waals surface area contributed by atoms with Crippen LogP contribution in [0, 0.1) is 11.3 Å². The molecular formula is C13H15BrN2O. The van der Waals surface area contributed by atoms with E-state index in [1.54, 1.807) is 0 Å². The lowest BCUT2D eigenvalue weighted by Crippen LogP contribution is -2.32. The number of anilines is 1. The molecule has 0 radical (unpaired) electrons. The van der Waals surface area contributed by atoms with Crippen LogP contribution in [-0.4, -0.2) is 18.8 Å². The third-order valence-electron chi connectivity index (χ3n) is 3.08. The lowest BCUT2D eigenvalue weighted by Gasteiger charge is -2.24. The summed E-state index contributed by atoms with van der Waals surface area (Å²) in [4.78, 5) is 0. The molecule has 0 bridgehead atoms. The van der Waals surface area contributed by atoms with Crippen LogP contribution in [0.25, 0.3) is 0 Å². The predicted octanol–water partition coefficient (Wildman–Crippen LogP) is 3.30. The maximum atomic E-state index is 9.10. The van der Waals surface area contributed by atoms with Gasteiger partial charge in [-0.05, 0) is 47.8 Å². The number of nitrogens with zero attached hydrogens (tertiary/aromatic N) is 1. The zero-order valence-electron chi connectivity index (χ0n) is 9.79. The zero-order valence-corrected chi connectivity index (χ0v) is 11.4. The van der Waals surface area contributed by atoms with Crippen LogP contribution in [0.2, 0.25) is 0 Å². The molecule has 0 aromatic heterocycles. The first-order valence-corrected chi connectivity index (χ1v) is 6.50. The van der Waals surface area contributed by atoms with E-state index in [9.17, 15) is 0 Å². The van der Waals surface area contributed by atoms with Crippen LogP contribution in [0.15, 0.2) is 22.7 Å². The van der Waals surface area contributed by atoms with Crippen molar-refractivity contribution >= 4 is 21.6 Å². The Morgan fingerprint density at radius 2 is 2.41 bits per heavy atom. The van der Waals surface area contributed by atoms with Crippen LogP contribution in [0.1, 0.15) is 25.3 Å². The molecule has 1 unspecified atom stereocenters. The maximum Gasteiger partial charge on any atom is 0.103 e. The Labute approximate surface area is 110 Å². The fraction of sp³-hybridized carbons (Fsp3) is 0.462. The molecule has 1 aromatic carbocycles. The van der Waals surface area contributed by atoms with Crippen LogP contribution >= 0.6 is 15.9 Å². The molecule has 2 rings (SSSR count). The molecular weight excluding hydrogens is 280 g/mol. The van der Waals surface area contributed by atoms with Gasteiger partial charge in [-0.15, -0.1) is 0 Å². The topological polar surface area (TPSA) is 45.0 Å². The number of hydrogen-bond donors (Lipinski definition) is 1. The molecule has 1 fully saturated rings. The van der Waals surface area contributed by atoms with E-state index in [0.717, 1.165) is 36.2 Å². The minimum atomic E-state index is -0.102. The van der Waals surface area contributed by atoms with E-state index in [-0.39, 0.29) is 5.60 Å². The molecule has 1 heterocycles. The highest BCUT2D eigenvalue weighted by Crippen LogP contribution is 2.28. The van der Waals surface area contributed by atoms with Crippen LogP contribution < -0.4 is 5.32 Å². The van der Waals surface area contributed by atoms with Gasteiger partial charge in [0.1, 0.15) is 6.07 Å². The summed E-state index contributed by atoms with van der Waals surface area (Å²) in [6, 6.07) is 7.91. The summed E-state index contributed by atoms with van der Waals surface area (Å²) in [6.07, 6.45) is 2.18. The van der Waals surface area contributed by atoms with E-state index in [0.29, 0.717) is 5.56 Å². The van der Waals surface area contributed by atoms with Gasteiger partial charge in [-0.2, -0.15) is 5.26 Å². The van der Waals surface area contributed by atoms with Crippen molar-refractivity contribution in [1.29, 1.82) is 5.26 Å². The molecule has 0 spiro atoms. The van der Waals surface area contributed by atoms with Crippen LogP contribution in [0.5, 0.6) is 0 Å². The predicted molar refractivity (Wildman–Crippen MR) is 70.9 cm³/mol. The summed E-state index contributed by atoms with van der Waals surface area (Å²) in [5, 5.41) is 12.4. The highest BCUT2D eigenvalue weighted by Gasteiger charge is 2.29. The molecule has 3 nitrogen and oxygen atoms in total. The molecule has 1 saturated heterocycles. The molecule has 0 aliphatic carbocycles. The van der Waals surface area contributed by atoms with Crippen molar-refractivity contribution in [2.75, 3.05) is 18.5 Å². The van der Waals surface area contributed by atoms with Crippen LogP contribution in [0.3, 0.4) is 0 Å². The molecule has 1 aromatic rings. The second-order valence-electron chi connectivity index (χ2n) is 4.53. The van der Waals surface area contributed by atoms with Crippen molar-refractivity contribution in [2.45, 2.75) is 25.4 Å². The van der Waals surface area contributed by atoms with Gasteiger partial charge in [0.05, 0.1) is 16.9 Å². The lowest BCUT2D eigenvalue weighted by atomic mass is 10.0. The molecule has 90 valence electrons. The second-order valence-corrected chi connectivity index (χ2v) is 5.38. The fourth-order valence-electron chi connectivity index (χ4n) is 2.04. The summed E-state index contributed by atoms with van der Waals surface area (Å²) in [7, 11) is 0. The highest BCUT2D eigenvalue weighted by molar-refractivity contribution is 9.10. The van der Waals surface area contributed by atoms with Crippen molar-refractivity contribution in [1.82, 2.24) is 0 Å². The van der Waals surface area contributed by atoms with Gasteiger partial charge in [0.15, 0.2) is 0 Å². The SMILES string of the molecule is CC1(CNc2cccc(Br)c2C#N)CCCO1. The van der Waals surface area contributed by atoms with Crippen molar-refractivity contribution < 1.29 is 4.74 Å². The van der Waals surface area contributed by atoms with Crippen molar-refractivity contribution in [3.05, 3.63) is 28.2 Å². The lowest BCUT2D eigenvalue weighted by molar-refractivity contribution is 0.0315. The summed E-state index contributed by atoms with van der Waals surface area (Å²) in [6.45, 7) is 3.68. The van der Waals surface area contributed by atoms with Gasteiger partial charge in [-0.3, -0.25) is 0 Å². The summed E-state index contributed by atoms with van der Waals surface area (Å²) in [5.74, 6) is 0. The summed E-state index contributed by atoms with van der Waals surface area (Å²) in [5.41, 5.74) is 1.40. The Balaban J connectivity index is 2.09. The van der Waals surface area contributed by atoms with Gasteiger partial charge < -0.3 is 10.1 Å². The van der Waals surface area contributed by atoms with Gasteiger partial charge >= 0.3 is 0 Å². The number of benzene rings is 1. The average molecular weight is 295 g/mol. The van der Waals surface area contributed by atoms with Crippen molar-refractivity contribution in [3.63, 3.8) is 0 Å². The Morgan fingerprint density at radius 1 is 1.59 bits per heavy atom. The Bertz CT molecular complexity index is 447. The van der Waals surface area contributed by atoms with Gasteiger partial charge in [0.25, 0.3) is 0 Å². The minimum Gasteiger partial charge on any atom is -0.381 e. The largest absolute Gasteiger partial charge is 0.381 e. The maximum absolute atomic E-state index is 9.10. The van der Waals surface area contributed by atoms with E-state index in [1.165, 1.54) is 0 Å². The summed E-state index contributed by atoms with van der Waals surface area (Å²) >= 11 is 3.38. The first kappa shape index (κ1) is 12.4. The first-order valence-electron chi connectivity index (χ1n) is 5.71. The van der Waals surface area contributed by atoms with Gasteiger partial charge in [-0.1, -0.05) is 6.07 Å². The monoisotopic (exact) mass is 294 g/mol. The zero-order chi connectivity index (χ0) is 12.3. The molecule has 0 amide bonds. The van der Waals surface area contributed by atoms with E-state index in [1.807, 2.05) is 18.2 Å².